The lowest BCUT2D eigenvalue weighted by atomic mass is 10.2. The number of aromatic amines is 1. The first-order chi connectivity index (χ1) is 7.68. The molecule has 0 atom stereocenters. The zero-order valence-corrected chi connectivity index (χ0v) is 11.0. The first-order valence-corrected chi connectivity index (χ1v) is 6.47. The van der Waals surface area contributed by atoms with Crippen LogP contribution in [0, 0.1) is 0 Å². The minimum absolute atomic E-state index is 0.918. The standard InChI is InChI=1S/C12H14N2S2/c1-14(2)12(15)16-8-9-7-13-11-6-4-3-5-10(9)11/h3-7,13H,8H2,1-2H3. The van der Waals surface area contributed by atoms with Gasteiger partial charge in [-0.1, -0.05) is 42.2 Å². The number of rotatable bonds is 2. The molecule has 0 fully saturated rings. The van der Waals surface area contributed by atoms with Crippen molar-refractivity contribution < 1.29 is 0 Å². The van der Waals surface area contributed by atoms with Gasteiger partial charge in [-0.15, -0.1) is 0 Å². The van der Waals surface area contributed by atoms with E-state index in [0.29, 0.717) is 0 Å². The maximum Gasteiger partial charge on any atom is 0.136 e. The van der Waals surface area contributed by atoms with Crippen molar-refractivity contribution in [1.29, 1.82) is 0 Å². The number of aromatic nitrogens is 1. The van der Waals surface area contributed by atoms with Gasteiger partial charge in [0.05, 0.1) is 0 Å². The SMILES string of the molecule is CN(C)C(=S)SCc1c[nH]c2ccccc12. The van der Waals surface area contributed by atoms with E-state index in [1.165, 1.54) is 16.5 Å². The molecule has 0 saturated heterocycles. The molecule has 1 heterocycles. The van der Waals surface area contributed by atoms with Crippen molar-refractivity contribution in [2.75, 3.05) is 14.1 Å². The number of hydrogen-bond acceptors (Lipinski definition) is 2. The van der Waals surface area contributed by atoms with Crippen molar-refractivity contribution in [1.82, 2.24) is 9.88 Å². The first kappa shape index (κ1) is 11.5. The van der Waals surface area contributed by atoms with Crippen molar-refractivity contribution in [3.63, 3.8) is 0 Å². The van der Waals surface area contributed by atoms with Gasteiger partial charge in [-0.3, -0.25) is 0 Å². The van der Waals surface area contributed by atoms with Crippen molar-refractivity contribution >= 4 is 39.2 Å². The second-order valence-electron chi connectivity index (χ2n) is 3.81. The van der Waals surface area contributed by atoms with Crippen LogP contribution in [0.4, 0.5) is 0 Å². The Labute approximate surface area is 105 Å². The molecule has 0 aliphatic heterocycles. The van der Waals surface area contributed by atoms with Crippen LogP contribution in [0.3, 0.4) is 0 Å². The quantitative estimate of drug-likeness (QED) is 0.826. The summed E-state index contributed by atoms with van der Waals surface area (Å²) in [5.74, 6) is 0.918. The number of para-hydroxylation sites is 1. The summed E-state index contributed by atoms with van der Waals surface area (Å²) in [6, 6.07) is 8.34. The van der Waals surface area contributed by atoms with Crippen molar-refractivity contribution in [2.45, 2.75) is 5.75 Å². The summed E-state index contributed by atoms with van der Waals surface area (Å²) in [4.78, 5) is 5.24. The van der Waals surface area contributed by atoms with Gasteiger partial charge >= 0.3 is 0 Å². The van der Waals surface area contributed by atoms with E-state index in [-0.39, 0.29) is 0 Å². The Hall–Kier alpha value is -1.00. The van der Waals surface area contributed by atoms with Gasteiger partial charge in [0.15, 0.2) is 0 Å². The predicted octanol–water partition coefficient (Wildman–Crippen LogP) is 3.25. The molecule has 2 aromatic rings. The Morgan fingerprint density at radius 1 is 1.38 bits per heavy atom. The van der Waals surface area contributed by atoms with E-state index in [1.54, 1.807) is 11.8 Å². The Bertz CT molecular complexity index is 502. The van der Waals surface area contributed by atoms with Crippen LogP contribution in [0.1, 0.15) is 5.56 Å². The molecule has 1 aromatic carbocycles. The van der Waals surface area contributed by atoms with Crippen LogP contribution in [-0.4, -0.2) is 28.3 Å². The minimum Gasteiger partial charge on any atom is -0.364 e. The van der Waals surface area contributed by atoms with Gasteiger partial charge in [0.25, 0.3) is 0 Å². The van der Waals surface area contributed by atoms with Crippen LogP contribution in [-0.2, 0) is 5.75 Å². The Balaban J connectivity index is 2.13. The lowest BCUT2D eigenvalue weighted by Crippen LogP contribution is -2.15. The molecule has 0 aliphatic carbocycles. The fraction of sp³-hybridized carbons (Fsp3) is 0.250. The monoisotopic (exact) mass is 250 g/mol. The molecule has 0 bridgehead atoms. The molecule has 1 N–H and O–H groups in total. The summed E-state index contributed by atoms with van der Waals surface area (Å²) in [6.45, 7) is 0. The van der Waals surface area contributed by atoms with Crippen LogP contribution in [0.2, 0.25) is 0 Å². The molecule has 4 heteroatoms. The molecule has 0 unspecified atom stereocenters. The van der Waals surface area contributed by atoms with E-state index in [0.717, 1.165) is 10.1 Å². The highest BCUT2D eigenvalue weighted by Gasteiger charge is 2.05. The lowest BCUT2D eigenvalue weighted by molar-refractivity contribution is 0.648. The smallest absolute Gasteiger partial charge is 0.136 e. The molecular weight excluding hydrogens is 236 g/mol. The predicted molar refractivity (Wildman–Crippen MR) is 75.9 cm³/mol. The summed E-state index contributed by atoms with van der Waals surface area (Å²) in [5.41, 5.74) is 2.50. The largest absolute Gasteiger partial charge is 0.364 e. The van der Waals surface area contributed by atoms with Gasteiger partial charge < -0.3 is 9.88 Å². The second-order valence-corrected chi connectivity index (χ2v) is 5.42. The molecule has 0 spiro atoms. The zero-order chi connectivity index (χ0) is 11.5. The van der Waals surface area contributed by atoms with Crippen LogP contribution < -0.4 is 0 Å². The molecule has 2 rings (SSSR count). The van der Waals surface area contributed by atoms with E-state index >= 15 is 0 Å². The average Bonchev–Trinajstić information content (AvgIpc) is 2.69. The molecule has 0 saturated carbocycles. The third-order valence-corrected chi connectivity index (χ3v) is 4.18. The summed E-state index contributed by atoms with van der Waals surface area (Å²) in [5, 5.41) is 1.29. The summed E-state index contributed by atoms with van der Waals surface area (Å²) >= 11 is 6.95. The van der Waals surface area contributed by atoms with Gasteiger partial charge in [0.2, 0.25) is 0 Å². The fourth-order valence-corrected chi connectivity index (χ4v) is 2.47. The van der Waals surface area contributed by atoms with E-state index in [4.69, 9.17) is 12.2 Å². The van der Waals surface area contributed by atoms with Gasteiger partial charge in [-0.25, -0.2) is 0 Å². The van der Waals surface area contributed by atoms with Crippen molar-refractivity contribution in [3.8, 4) is 0 Å². The normalized spacial score (nSPS) is 10.6. The van der Waals surface area contributed by atoms with Crippen LogP contribution in [0.25, 0.3) is 10.9 Å². The molecule has 84 valence electrons. The number of nitrogens with one attached hydrogen (secondary N) is 1. The highest BCUT2D eigenvalue weighted by atomic mass is 32.2. The summed E-state index contributed by atoms with van der Waals surface area (Å²) in [6.07, 6.45) is 2.07. The third-order valence-electron chi connectivity index (χ3n) is 2.39. The van der Waals surface area contributed by atoms with Crippen molar-refractivity contribution in [3.05, 3.63) is 36.0 Å². The molecule has 0 aliphatic rings. The second kappa shape index (κ2) is 4.89. The molecular formula is C12H14N2S2. The number of thiocarbonyl (C=S) groups is 1. The van der Waals surface area contributed by atoms with E-state index in [9.17, 15) is 0 Å². The topological polar surface area (TPSA) is 19.0 Å². The Morgan fingerprint density at radius 3 is 2.88 bits per heavy atom. The van der Waals surface area contributed by atoms with Gasteiger partial charge in [-0.2, -0.15) is 0 Å². The Morgan fingerprint density at radius 2 is 2.12 bits per heavy atom. The van der Waals surface area contributed by atoms with Crippen molar-refractivity contribution in [2.24, 2.45) is 0 Å². The lowest BCUT2D eigenvalue weighted by Gasteiger charge is -2.12. The number of benzene rings is 1. The number of hydrogen-bond donors (Lipinski definition) is 1. The Kier molecular flexibility index (Phi) is 3.51. The van der Waals surface area contributed by atoms with Crippen LogP contribution in [0.5, 0.6) is 0 Å². The van der Waals surface area contributed by atoms with Crippen LogP contribution in [0.15, 0.2) is 30.5 Å². The molecule has 0 radical (unpaired) electrons. The van der Waals surface area contributed by atoms with Gasteiger partial charge in [0.1, 0.15) is 4.32 Å². The summed E-state index contributed by atoms with van der Waals surface area (Å²) in [7, 11) is 3.95. The zero-order valence-electron chi connectivity index (χ0n) is 9.36. The minimum atomic E-state index is 0.918. The molecule has 1 aromatic heterocycles. The highest BCUT2D eigenvalue weighted by molar-refractivity contribution is 8.22. The molecule has 0 amide bonds. The van der Waals surface area contributed by atoms with Crippen LogP contribution >= 0.6 is 24.0 Å². The molecule has 2 nitrogen and oxygen atoms in total. The number of nitrogens with zero attached hydrogens (tertiary/aromatic N) is 1. The average molecular weight is 250 g/mol. The van der Waals surface area contributed by atoms with Gasteiger partial charge in [-0.05, 0) is 11.6 Å². The van der Waals surface area contributed by atoms with E-state index in [2.05, 4.69) is 29.4 Å². The maximum absolute atomic E-state index is 5.25. The number of fused-ring (bicyclic) bond motifs is 1. The number of H-pyrrole nitrogens is 1. The highest BCUT2D eigenvalue weighted by Crippen LogP contribution is 2.23. The first-order valence-electron chi connectivity index (χ1n) is 5.07. The maximum atomic E-state index is 5.25. The van der Waals surface area contributed by atoms with E-state index < -0.39 is 0 Å². The van der Waals surface area contributed by atoms with E-state index in [1.807, 2.05) is 25.1 Å². The molecule has 16 heavy (non-hydrogen) atoms. The number of thioether (sulfide) groups is 1. The third kappa shape index (κ3) is 2.39. The summed E-state index contributed by atoms with van der Waals surface area (Å²) < 4.78 is 0.922. The van der Waals surface area contributed by atoms with Gasteiger partial charge in [0, 0.05) is 36.9 Å². The fourth-order valence-electron chi connectivity index (χ4n) is 1.52.